The average Bonchev–Trinajstić information content (AvgIpc) is 2.60. The van der Waals surface area contributed by atoms with Gasteiger partial charge in [0.15, 0.2) is 0 Å². The Hall–Kier alpha value is 0. The SMILES string of the molecule is CCCNC(CCSC)c1c(Br)cnn1C. The Morgan fingerprint density at radius 3 is 2.88 bits per heavy atom. The first-order chi connectivity index (χ1) is 7.70. The summed E-state index contributed by atoms with van der Waals surface area (Å²) >= 11 is 5.46. The van der Waals surface area contributed by atoms with Crippen molar-refractivity contribution >= 4 is 27.7 Å². The normalized spacial score (nSPS) is 13.0. The predicted molar refractivity (Wildman–Crippen MR) is 74.9 cm³/mol. The second-order valence-corrected chi connectivity index (χ2v) is 5.63. The maximum Gasteiger partial charge on any atom is 0.0692 e. The smallest absolute Gasteiger partial charge is 0.0692 e. The molecule has 0 radical (unpaired) electrons. The van der Waals surface area contributed by atoms with Crippen molar-refractivity contribution in [2.24, 2.45) is 7.05 Å². The third kappa shape index (κ3) is 3.79. The van der Waals surface area contributed by atoms with Crippen molar-refractivity contribution in [3.8, 4) is 0 Å². The van der Waals surface area contributed by atoms with Crippen LogP contribution in [0.1, 0.15) is 31.5 Å². The Labute approximate surface area is 110 Å². The molecule has 16 heavy (non-hydrogen) atoms. The summed E-state index contributed by atoms with van der Waals surface area (Å²) in [4.78, 5) is 0. The molecule has 1 atom stereocenters. The Morgan fingerprint density at radius 1 is 1.62 bits per heavy atom. The first-order valence-corrected chi connectivity index (χ1v) is 7.79. The maximum absolute atomic E-state index is 4.28. The molecule has 0 aliphatic carbocycles. The highest BCUT2D eigenvalue weighted by Gasteiger charge is 2.17. The van der Waals surface area contributed by atoms with Crippen LogP contribution in [-0.4, -0.2) is 28.3 Å². The first-order valence-electron chi connectivity index (χ1n) is 5.60. The van der Waals surface area contributed by atoms with Crippen LogP contribution in [0.4, 0.5) is 0 Å². The van der Waals surface area contributed by atoms with E-state index in [0.717, 1.165) is 23.9 Å². The van der Waals surface area contributed by atoms with Crippen molar-refractivity contribution in [1.82, 2.24) is 15.1 Å². The molecule has 1 heterocycles. The lowest BCUT2D eigenvalue weighted by Gasteiger charge is -2.19. The molecule has 0 saturated carbocycles. The molecule has 3 nitrogen and oxygen atoms in total. The largest absolute Gasteiger partial charge is 0.309 e. The van der Waals surface area contributed by atoms with Crippen LogP contribution in [0, 0.1) is 0 Å². The predicted octanol–water partition coefficient (Wildman–Crippen LogP) is 2.98. The Morgan fingerprint density at radius 2 is 2.38 bits per heavy atom. The summed E-state index contributed by atoms with van der Waals surface area (Å²) < 4.78 is 3.06. The highest BCUT2D eigenvalue weighted by Crippen LogP contribution is 2.25. The number of hydrogen-bond acceptors (Lipinski definition) is 3. The van der Waals surface area contributed by atoms with Crippen LogP contribution in [0.3, 0.4) is 0 Å². The fourth-order valence-electron chi connectivity index (χ4n) is 1.70. The number of thioether (sulfide) groups is 1. The minimum absolute atomic E-state index is 0.397. The fourth-order valence-corrected chi connectivity index (χ4v) is 2.80. The van der Waals surface area contributed by atoms with Gasteiger partial charge in [-0.1, -0.05) is 6.92 Å². The van der Waals surface area contributed by atoms with Crippen LogP contribution in [0.25, 0.3) is 0 Å². The molecule has 1 rings (SSSR count). The van der Waals surface area contributed by atoms with E-state index in [2.05, 4.69) is 39.5 Å². The molecule has 1 unspecified atom stereocenters. The molecule has 0 amide bonds. The van der Waals surface area contributed by atoms with Crippen molar-refractivity contribution < 1.29 is 0 Å². The summed E-state index contributed by atoms with van der Waals surface area (Å²) in [6.45, 7) is 3.24. The van der Waals surface area contributed by atoms with E-state index in [9.17, 15) is 0 Å². The van der Waals surface area contributed by atoms with E-state index in [0.29, 0.717) is 6.04 Å². The summed E-state index contributed by atoms with van der Waals surface area (Å²) in [5.41, 5.74) is 1.25. The van der Waals surface area contributed by atoms with Crippen molar-refractivity contribution in [1.29, 1.82) is 0 Å². The number of hydrogen-bond donors (Lipinski definition) is 1. The topological polar surface area (TPSA) is 29.9 Å². The zero-order valence-electron chi connectivity index (χ0n) is 10.2. The molecule has 0 saturated heterocycles. The minimum atomic E-state index is 0.397. The van der Waals surface area contributed by atoms with Gasteiger partial charge in [0.2, 0.25) is 0 Å². The van der Waals surface area contributed by atoms with Gasteiger partial charge in [-0.3, -0.25) is 4.68 Å². The zero-order valence-corrected chi connectivity index (χ0v) is 12.6. The van der Waals surface area contributed by atoms with Gasteiger partial charge in [-0.05, 0) is 47.3 Å². The van der Waals surface area contributed by atoms with E-state index in [1.165, 1.54) is 11.4 Å². The summed E-state index contributed by atoms with van der Waals surface area (Å²) in [7, 11) is 2.00. The molecule has 1 aromatic rings. The summed E-state index contributed by atoms with van der Waals surface area (Å²) in [6, 6.07) is 0.397. The highest BCUT2D eigenvalue weighted by molar-refractivity contribution is 9.10. The summed E-state index contributed by atoms with van der Waals surface area (Å²) in [5, 5.41) is 7.86. The molecule has 0 aromatic carbocycles. The number of halogens is 1. The van der Waals surface area contributed by atoms with Gasteiger partial charge in [0, 0.05) is 7.05 Å². The van der Waals surface area contributed by atoms with Gasteiger partial charge in [0.05, 0.1) is 22.4 Å². The minimum Gasteiger partial charge on any atom is -0.309 e. The quantitative estimate of drug-likeness (QED) is 0.840. The Bertz CT molecular complexity index is 287. The number of aryl methyl sites for hydroxylation is 1. The zero-order chi connectivity index (χ0) is 12.0. The Kier molecular flexibility index (Phi) is 6.46. The van der Waals surface area contributed by atoms with Gasteiger partial charge in [-0.25, -0.2) is 0 Å². The molecule has 1 N–H and O–H groups in total. The van der Waals surface area contributed by atoms with Crippen molar-refractivity contribution in [3.63, 3.8) is 0 Å². The molecular formula is C11H20BrN3S. The van der Waals surface area contributed by atoms with Gasteiger partial charge >= 0.3 is 0 Å². The van der Waals surface area contributed by atoms with Crippen molar-refractivity contribution in [2.75, 3.05) is 18.6 Å². The van der Waals surface area contributed by atoms with Crippen molar-refractivity contribution in [3.05, 3.63) is 16.4 Å². The van der Waals surface area contributed by atoms with Crippen LogP contribution >= 0.6 is 27.7 Å². The lowest BCUT2D eigenvalue weighted by atomic mass is 10.1. The van der Waals surface area contributed by atoms with E-state index < -0.39 is 0 Å². The van der Waals surface area contributed by atoms with E-state index in [1.807, 2.05) is 29.7 Å². The Balaban J connectivity index is 2.74. The summed E-state index contributed by atoms with van der Waals surface area (Å²) in [5.74, 6) is 1.17. The maximum atomic E-state index is 4.28. The summed E-state index contributed by atoms with van der Waals surface area (Å²) in [6.07, 6.45) is 6.31. The molecule has 92 valence electrons. The van der Waals surface area contributed by atoms with Crippen LogP contribution < -0.4 is 5.32 Å². The number of aromatic nitrogens is 2. The molecule has 0 aliphatic rings. The molecular weight excluding hydrogens is 286 g/mol. The standard InChI is InChI=1S/C11H20BrN3S/c1-4-6-13-10(5-7-16-3)11-9(12)8-14-15(11)2/h8,10,13H,4-7H2,1-3H3. The van der Waals surface area contributed by atoms with Crippen LogP contribution in [0.2, 0.25) is 0 Å². The van der Waals surface area contributed by atoms with Gasteiger partial charge in [0.1, 0.15) is 0 Å². The molecule has 0 fully saturated rings. The van der Waals surface area contributed by atoms with Gasteiger partial charge in [0.25, 0.3) is 0 Å². The van der Waals surface area contributed by atoms with Crippen LogP contribution in [0.5, 0.6) is 0 Å². The van der Waals surface area contributed by atoms with Crippen molar-refractivity contribution in [2.45, 2.75) is 25.8 Å². The highest BCUT2D eigenvalue weighted by atomic mass is 79.9. The van der Waals surface area contributed by atoms with Gasteiger partial charge < -0.3 is 5.32 Å². The average molecular weight is 306 g/mol. The van der Waals surface area contributed by atoms with Crippen LogP contribution in [0.15, 0.2) is 10.7 Å². The van der Waals surface area contributed by atoms with Crippen LogP contribution in [-0.2, 0) is 7.05 Å². The fraction of sp³-hybridized carbons (Fsp3) is 0.727. The third-order valence-corrected chi connectivity index (χ3v) is 3.77. The van der Waals surface area contributed by atoms with Gasteiger partial charge in [-0.2, -0.15) is 16.9 Å². The molecule has 1 aromatic heterocycles. The lowest BCUT2D eigenvalue weighted by Crippen LogP contribution is -2.25. The second kappa shape index (κ2) is 7.35. The monoisotopic (exact) mass is 305 g/mol. The van der Waals surface area contributed by atoms with E-state index in [1.54, 1.807) is 0 Å². The molecule has 0 spiro atoms. The lowest BCUT2D eigenvalue weighted by molar-refractivity contribution is 0.485. The van der Waals surface area contributed by atoms with E-state index in [-0.39, 0.29) is 0 Å². The molecule has 0 aliphatic heterocycles. The third-order valence-electron chi connectivity index (χ3n) is 2.52. The molecule has 0 bridgehead atoms. The number of nitrogens with zero attached hydrogens (tertiary/aromatic N) is 2. The number of nitrogens with one attached hydrogen (secondary N) is 1. The first kappa shape index (κ1) is 14.1. The van der Waals surface area contributed by atoms with E-state index >= 15 is 0 Å². The van der Waals surface area contributed by atoms with Gasteiger partial charge in [-0.15, -0.1) is 0 Å². The second-order valence-electron chi connectivity index (χ2n) is 3.79. The van der Waals surface area contributed by atoms with E-state index in [4.69, 9.17) is 0 Å². The number of rotatable bonds is 7. The molecule has 5 heteroatoms.